The molecule has 0 aromatic heterocycles. The van der Waals surface area contributed by atoms with Gasteiger partial charge in [0.25, 0.3) is 0 Å². The molecule has 98 valence electrons. The zero-order valence-corrected chi connectivity index (χ0v) is 11.5. The number of benzene rings is 1. The molecule has 0 radical (unpaired) electrons. The van der Waals surface area contributed by atoms with Crippen molar-refractivity contribution in [1.82, 2.24) is 5.32 Å². The fourth-order valence-corrected chi connectivity index (χ4v) is 1.56. The van der Waals surface area contributed by atoms with Crippen molar-refractivity contribution in [1.29, 1.82) is 0 Å². The number of amides is 2. The molecule has 18 heavy (non-hydrogen) atoms. The molecule has 0 heterocycles. The summed E-state index contributed by atoms with van der Waals surface area (Å²) in [5.41, 5.74) is 1.40. The summed E-state index contributed by atoms with van der Waals surface area (Å²) in [5, 5.41) is 5.75. The van der Waals surface area contributed by atoms with Crippen molar-refractivity contribution in [2.24, 2.45) is 0 Å². The van der Waals surface area contributed by atoms with E-state index in [1.54, 1.807) is 18.2 Å². The fraction of sp³-hybridized carbons (Fsp3) is 0.385. The van der Waals surface area contributed by atoms with Crippen molar-refractivity contribution in [2.75, 3.05) is 5.32 Å². The van der Waals surface area contributed by atoms with Gasteiger partial charge in [-0.3, -0.25) is 9.59 Å². The third-order valence-electron chi connectivity index (χ3n) is 2.63. The molecule has 0 saturated heterocycles. The first-order valence-corrected chi connectivity index (χ1v) is 6.19. The smallest absolute Gasteiger partial charge is 0.313 e. The molecule has 1 aromatic rings. The van der Waals surface area contributed by atoms with E-state index in [0.717, 1.165) is 12.0 Å². The highest BCUT2D eigenvalue weighted by atomic mass is 35.5. The molecule has 0 bridgehead atoms. The number of carbonyl (C=O) groups is 2. The predicted octanol–water partition coefficient (Wildman–Crippen LogP) is 2.50. The van der Waals surface area contributed by atoms with Gasteiger partial charge < -0.3 is 10.6 Å². The van der Waals surface area contributed by atoms with Crippen LogP contribution in [0.3, 0.4) is 0 Å². The second-order valence-electron chi connectivity index (χ2n) is 4.20. The average Bonchev–Trinajstić information content (AvgIpc) is 2.32. The molecule has 1 aromatic carbocycles. The normalized spacial score (nSPS) is 11.8. The first-order chi connectivity index (χ1) is 8.43. The van der Waals surface area contributed by atoms with E-state index in [1.165, 1.54) is 0 Å². The summed E-state index contributed by atoms with van der Waals surface area (Å²) < 4.78 is 0. The van der Waals surface area contributed by atoms with Crippen LogP contribution in [0.5, 0.6) is 0 Å². The Labute approximate surface area is 112 Å². The lowest BCUT2D eigenvalue weighted by molar-refractivity contribution is -0.136. The lowest BCUT2D eigenvalue weighted by Crippen LogP contribution is -2.40. The molecule has 1 rings (SSSR count). The van der Waals surface area contributed by atoms with Crippen molar-refractivity contribution in [3.8, 4) is 0 Å². The zero-order chi connectivity index (χ0) is 13.7. The maximum absolute atomic E-state index is 11.6. The van der Waals surface area contributed by atoms with E-state index in [-0.39, 0.29) is 6.04 Å². The number of rotatable bonds is 3. The second-order valence-corrected chi connectivity index (χ2v) is 4.63. The molecule has 0 aliphatic heterocycles. The molecular weight excluding hydrogens is 252 g/mol. The van der Waals surface area contributed by atoms with E-state index < -0.39 is 11.8 Å². The molecule has 0 spiro atoms. The maximum atomic E-state index is 11.6. The summed E-state index contributed by atoms with van der Waals surface area (Å²) in [5.74, 6) is -1.29. The van der Waals surface area contributed by atoms with Gasteiger partial charge in [-0.1, -0.05) is 18.5 Å². The number of hydrogen-bond donors (Lipinski definition) is 2. The van der Waals surface area contributed by atoms with Crippen LogP contribution in [-0.2, 0) is 9.59 Å². The van der Waals surface area contributed by atoms with Gasteiger partial charge in [0.1, 0.15) is 0 Å². The zero-order valence-electron chi connectivity index (χ0n) is 10.7. The lowest BCUT2D eigenvalue weighted by Gasteiger charge is -2.12. The van der Waals surface area contributed by atoms with E-state index in [0.29, 0.717) is 10.7 Å². The molecule has 1 unspecified atom stereocenters. The summed E-state index contributed by atoms with van der Waals surface area (Å²) in [4.78, 5) is 23.2. The monoisotopic (exact) mass is 268 g/mol. The molecule has 1 atom stereocenters. The third kappa shape index (κ3) is 4.04. The molecule has 2 N–H and O–H groups in total. The first-order valence-electron chi connectivity index (χ1n) is 5.82. The van der Waals surface area contributed by atoms with Gasteiger partial charge in [0, 0.05) is 16.8 Å². The number of aryl methyl sites for hydroxylation is 1. The molecule has 0 aliphatic carbocycles. The molecule has 0 saturated carbocycles. The highest BCUT2D eigenvalue weighted by Crippen LogP contribution is 2.19. The molecular formula is C13H17ClN2O2. The van der Waals surface area contributed by atoms with Crippen molar-refractivity contribution < 1.29 is 9.59 Å². The lowest BCUT2D eigenvalue weighted by atomic mass is 10.2. The Hall–Kier alpha value is -1.55. The van der Waals surface area contributed by atoms with Gasteiger partial charge in [0.2, 0.25) is 0 Å². The van der Waals surface area contributed by atoms with Crippen molar-refractivity contribution >= 4 is 29.1 Å². The maximum Gasteiger partial charge on any atom is 0.313 e. The minimum atomic E-state index is -0.666. The van der Waals surface area contributed by atoms with Gasteiger partial charge in [0.15, 0.2) is 0 Å². The summed E-state index contributed by atoms with van der Waals surface area (Å²) in [6.45, 7) is 5.60. The molecule has 4 nitrogen and oxygen atoms in total. The third-order valence-corrected chi connectivity index (χ3v) is 2.87. The Kier molecular flexibility index (Phi) is 5.16. The largest absolute Gasteiger partial charge is 0.345 e. The summed E-state index contributed by atoms with van der Waals surface area (Å²) >= 11 is 5.81. The van der Waals surface area contributed by atoms with Crippen LogP contribution in [0.1, 0.15) is 25.8 Å². The minimum absolute atomic E-state index is 0.0189. The van der Waals surface area contributed by atoms with Crippen LogP contribution in [0.25, 0.3) is 0 Å². The van der Waals surface area contributed by atoms with Crippen molar-refractivity contribution in [3.63, 3.8) is 0 Å². The summed E-state index contributed by atoms with van der Waals surface area (Å²) in [6, 6.07) is 5.04. The van der Waals surface area contributed by atoms with Gasteiger partial charge in [-0.05, 0) is 44.0 Å². The Morgan fingerprint density at radius 3 is 2.56 bits per heavy atom. The molecule has 0 aliphatic rings. The summed E-state index contributed by atoms with van der Waals surface area (Å²) in [7, 11) is 0. The molecule has 2 amide bonds. The number of anilines is 1. The first kappa shape index (κ1) is 14.5. The standard InChI is InChI=1S/C13H17ClN2O2/c1-4-9(3)15-12(17)13(18)16-11-6-5-10(14)7-8(11)2/h5-7,9H,4H2,1-3H3,(H,15,17)(H,16,18). The minimum Gasteiger partial charge on any atom is -0.345 e. The van der Waals surface area contributed by atoms with Crippen LogP contribution in [-0.4, -0.2) is 17.9 Å². The Morgan fingerprint density at radius 2 is 2.00 bits per heavy atom. The fourth-order valence-electron chi connectivity index (χ4n) is 1.34. The second kappa shape index (κ2) is 6.40. The van der Waals surface area contributed by atoms with E-state index in [2.05, 4.69) is 10.6 Å². The predicted molar refractivity (Wildman–Crippen MR) is 72.7 cm³/mol. The topological polar surface area (TPSA) is 58.2 Å². The van der Waals surface area contributed by atoms with Crippen LogP contribution in [0.4, 0.5) is 5.69 Å². The van der Waals surface area contributed by atoms with Gasteiger partial charge >= 0.3 is 11.8 Å². The van der Waals surface area contributed by atoms with Gasteiger partial charge in [0.05, 0.1) is 0 Å². The van der Waals surface area contributed by atoms with Crippen LogP contribution in [0, 0.1) is 6.92 Å². The molecule has 0 fully saturated rings. The van der Waals surface area contributed by atoms with Gasteiger partial charge in [-0.25, -0.2) is 0 Å². The number of hydrogen-bond acceptors (Lipinski definition) is 2. The SMILES string of the molecule is CCC(C)NC(=O)C(=O)Nc1ccc(Cl)cc1C. The Balaban J connectivity index is 2.67. The van der Waals surface area contributed by atoms with Gasteiger partial charge in [-0.15, -0.1) is 0 Å². The number of carbonyl (C=O) groups excluding carboxylic acids is 2. The van der Waals surface area contributed by atoms with E-state index >= 15 is 0 Å². The van der Waals surface area contributed by atoms with Gasteiger partial charge in [-0.2, -0.15) is 0 Å². The van der Waals surface area contributed by atoms with E-state index in [4.69, 9.17) is 11.6 Å². The Morgan fingerprint density at radius 1 is 1.33 bits per heavy atom. The van der Waals surface area contributed by atoms with Crippen molar-refractivity contribution in [2.45, 2.75) is 33.2 Å². The van der Waals surface area contributed by atoms with Crippen LogP contribution >= 0.6 is 11.6 Å². The van der Waals surface area contributed by atoms with E-state index in [1.807, 2.05) is 20.8 Å². The number of nitrogens with one attached hydrogen (secondary N) is 2. The Bertz CT molecular complexity index is 460. The highest BCUT2D eigenvalue weighted by Gasteiger charge is 2.16. The van der Waals surface area contributed by atoms with Crippen LogP contribution < -0.4 is 10.6 Å². The number of halogens is 1. The molecule has 5 heteroatoms. The average molecular weight is 269 g/mol. The van der Waals surface area contributed by atoms with Crippen LogP contribution in [0.2, 0.25) is 5.02 Å². The van der Waals surface area contributed by atoms with Crippen LogP contribution in [0.15, 0.2) is 18.2 Å². The summed E-state index contributed by atoms with van der Waals surface area (Å²) in [6.07, 6.45) is 0.777. The van der Waals surface area contributed by atoms with Crippen molar-refractivity contribution in [3.05, 3.63) is 28.8 Å². The quantitative estimate of drug-likeness (QED) is 0.828. The van der Waals surface area contributed by atoms with E-state index in [9.17, 15) is 9.59 Å². The highest BCUT2D eigenvalue weighted by molar-refractivity contribution is 6.39.